The number of hydrogen-bond donors (Lipinski definition) is 0. The van der Waals surface area contributed by atoms with Gasteiger partial charge in [-0.1, -0.05) is 0 Å². The van der Waals surface area contributed by atoms with Crippen LogP contribution in [0.2, 0.25) is 0 Å². The SMILES string of the molecule is COc1ccc(N(C)C(C)=O)cc1OC. The summed E-state index contributed by atoms with van der Waals surface area (Å²) in [5.74, 6) is 1.24. The molecule has 0 N–H and O–H groups in total. The fourth-order valence-corrected chi connectivity index (χ4v) is 1.22. The highest BCUT2D eigenvalue weighted by atomic mass is 16.5. The molecule has 0 bridgehead atoms. The van der Waals surface area contributed by atoms with Gasteiger partial charge in [0, 0.05) is 25.7 Å². The number of carbonyl (C=O) groups is 1. The number of carbonyl (C=O) groups excluding carboxylic acids is 1. The topological polar surface area (TPSA) is 38.8 Å². The minimum Gasteiger partial charge on any atom is -0.493 e. The number of amides is 1. The molecule has 0 atom stereocenters. The minimum atomic E-state index is -0.0257. The van der Waals surface area contributed by atoms with Gasteiger partial charge in [-0.25, -0.2) is 0 Å². The van der Waals surface area contributed by atoms with Crippen molar-refractivity contribution < 1.29 is 14.3 Å². The minimum absolute atomic E-state index is 0.0257. The van der Waals surface area contributed by atoms with E-state index in [9.17, 15) is 4.79 Å². The molecular weight excluding hydrogens is 194 g/mol. The highest BCUT2D eigenvalue weighted by Gasteiger charge is 2.09. The van der Waals surface area contributed by atoms with Crippen LogP contribution < -0.4 is 14.4 Å². The number of methoxy groups -OCH3 is 2. The summed E-state index contributed by atoms with van der Waals surface area (Å²) in [5, 5.41) is 0. The number of rotatable bonds is 3. The van der Waals surface area contributed by atoms with Crippen LogP contribution in [0.1, 0.15) is 6.92 Å². The molecule has 0 aliphatic rings. The van der Waals surface area contributed by atoms with Gasteiger partial charge in [-0.15, -0.1) is 0 Å². The molecule has 1 aromatic rings. The van der Waals surface area contributed by atoms with Crippen molar-refractivity contribution in [1.29, 1.82) is 0 Å². The maximum Gasteiger partial charge on any atom is 0.223 e. The average Bonchev–Trinajstić information content (AvgIpc) is 2.26. The summed E-state index contributed by atoms with van der Waals surface area (Å²) in [6.07, 6.45) is 0. The van der Waals surface area contributed by atoms with Crippen LogP contribution in [0.5, 0.6) is 11.5 Å². The summed E-state index contributed by atoms with van der Waals surface area (Å²) in [7, 11) is 4.85. The molecule has 0 heterocycles. The van der Waals surface area contributed by atoms with E-state index in [2.05, 4.69) is 0 Å². The fourth-order valence-electron chi connectivity index (χ4n) is 1.22. The zero-order chi connectivity index (χ0) is 11.4. The Bertz CT molecular complexity index is 363. The van der Waals surface area contributed by atoms with Crippen LogP contribution in [-0.2, 0) is 4.79 Å². The van der Waals surface area contributed by atoms with Gasteiger partial charge < -0.3 is 14.4 Å². The molecular formula is C11H15NO3. The van der Waals surface area contributed by atoms with Gasteiger partial charge in [-0.2, -0.15) is 0 Å². The molecule has 0 saturated heterocycles. The molecule has 82 valence electrons. The smallest absolute Gasteiger partial charge is 0.223 e. The molecule has 0 fully saturated rings. The van der Waals surface area contributed by atoms with Gasteiger partial charge >= 0.3 is 0 Å². The van der Waals surface area contributed by atoms with E-state index in [0.29, 0.717) is 11.5 Å². The van der Waals surface area contributed by atoms with Gasteiger partial charge in [0.15, 0.2) is 11.5 Å². The molecule has 0 radical (unpaired) electrons. The highest BCUT2D eigenvalue weighted by molar-refractivity contribution is 5.91. The van der Waals surface area contributed by atoms with Gasteiger partial charge in [0.1, 0.15) is 0 Å². The lowest BCUT2D eigenvalue weighted by Gasteiger charge is -2.16. The molecule has 1 rings (SSSR count). The van der Waals surface area contributed by atoms with E-state index in [-0.39, 0.29) is 5.91 Å². The molecule has 0 saturated carbocycles. The summed E-state index contributed by atoms with van der Waals surface area (Å²) in [5.41, 5.74) is 0.778. The molecule has 1 aromatic carbocycles. The molecule has 4 nitrogen and oxygen atoms in total. The third-order valence-electron chi connectivity index (χ3n) is 2.23. The Morgan fingerprint density at radius 3 is 2.27 bits per heavy atom. The van der Waals surface area contributed by atoms with Gasteiger partial charge in [0.2, 0.25) is 5.91 Å². The van der Waals surface area contributed by atoms with Crippen molar-refractivity contribution in [2.45, 2.75) is 6.92 Å². The summed E-state index contributed by atoms with van der Waals surface area (Å²) < 4.78 is 10.2. The number of ether oxygens (including phenoxy) is 2. The molecule has 15 heavy (non-hydrogen) atoms. The van der Waals surface area contributed by atoms with Gasteiger partial charge in [0.05, 0.1) is 14.2 Å². The first-order valence-electron chi connectivity index (χ1n) is 4.56. The molecule has 0 unspecified atom stereocenters. The maximum atomic E-state index is 11.2. The lowest BCUT2D eigenvalue weighted by Crippen LogP contribution is -2.22. The van der Waals surface area contributed by atoms with E-state index < -0.39 is 0 Å². The molecule has 0 spiro atoms. The summed E-state index contributed by atoms with van der Waals surface area (Å²) in [4.78, 5) is 12.7. The van der Waals surface area contributed by atoms with Crippen LogP contribution in [0.25, 0.3) is 0 Å². The first-order chi connectivity index (χ1) is 7.10. The third-order valence-corrected chi connectivity index (χ3v) is 2.23. The van der Waals surface area contributed by atoms with Crippen molar-refractivity contribution in [3.8, 4) is 11.5 Å². The standard InChI is InChI=1S/C11H15NO3/c1-8(13)12(2)9-5-6-10(14-3)11(7-9)15-4/h5-7H,1-4H3. The maximum absolute atomic E-state index is 11.2. The molecule has 0 aliphatic heterocycles. The van der Waals surface area contributed by atoms with Gasteiger partial charge in [-0.3, -0.25) is 4.79 Å². The number of nitrogens with zero attached hydrogens (tertiary/aromatic N) is 1. The van der Waals surface area contributed by atoms with Crippen LogP contribution in [-0.4, -0.2) is 27.2 Å². The van der Waals surface area contributed by atoms with Crippen molar-refractivity contribution in [1.82, 2.24) is 0 Å². The monoisotopic (exact) mass is 209 g/mol. The number of hydrogen-bond acceptors (Lipinski definition) is 3. The molecule has 4 heteroatoms. The lowest BCUT2D eigenvalue weighted by molar-refractivity contribution is -0.116. The summed E-state index contributed by atoms with van der Waals surface area (Å²) in [6.45, 7) is 1.51. The largest absolute Gasteiger partial charge is 0.493 e. The van der Waals surface area contributed by atoms with Crippen molar-refractivity contribution in [3.05, 3.63) is 18.2 Å². The van der Waals surface area contributed by atoms with Crippen molar-refractivity contribution >= 4 is 11.6 Å². The van der Waals surface area contributed by atoms with E-state index in [0.717, 1.165) is 5.69 Å². The number of benzene rings is 1. The van der Waals surface area contributed by atoms with Crippen LogP contribution in [0, 0.1) is 0 Å². The van der Waals surface area contributed by atoms with Crippen molar-refractivity contribution in [2.24, 2.45) is 0 Å². The van der Waals surface area contributed by atoms with Crippen LogP contribution in [0.15, 0.2) is 18.2 Å². The Morgan fingerprint density at radius 2 is 1.80 bits per heavy atom. The van der Waals surface area contributed by atoms with Gasteiger partial charge in [-0.05, 0) is 12.1 Å². The van der Waals surface area contributed by atoms with Crippen molar-refractivity contribution in [2.75, 3.05) is 26.2 Å². The molecule has 1 amide bonds. The van der Waals surface area contributed by atoms with Gasteiger partial charge in [0.25, 0.3) is 0 Å². The average molecular weight is 209 g/mol. The summed E-state index contributed by atoms with van der Waals surface area (Å²) >= 11 is 0. The van der Waals surface area contributed by atoms with Crippen LogP contribution in [0.4, 0.5) is 5.69 Å². The molecule has 0 aromatic heterocycles. The zero-order valence-electron chi connectivity index (χ0n) is 9.40. The Kier molecular flexibility index (Phi) is 3.55. The molecule has 0 aliphatic carbocycles. The fraction of sp³-hybridized carbons (Fsp3) is 0.364. The highest BCUT2D eigenvalue weighted by Crippen LogP contribution is 2.30. The van der Waals surface area contributed by atoms with Crippen LogP contribution >= 0.6 is 0 Å². The summed E-state index contributed by atoms with van der Waals surface area (Å²) in [6, 6.07) is 5.34. The lowest BCUT2D eigenvalue weighted by atomic mass is 10.2. The first-order valence-corrected chi connectivity index (χ1v) is 4.56. The Labute approximate surface area is 89.4 Å². The Morgan fingerprint density at radius 1 is 1.20 bits per heavy atom. The second-order valence-corrected chi connectivity index (χ2v) is 3.12. The van der Waals surface area contributed by atoms with E-state index >= 15 is 0 Å². The second kappa shape index (κ2) is 4.68. The predicted molar refractivity (Wildman–Crippen MR) is 58.6 cm³/mol. The zero-order valence-corrected chi connectivity index (χ0v) is 9.40. The Balaban J connectivity index is 3.07. The normalized spacial score (nSPS) is 9.60. The third kappa shape index (κ3) is 2.40. The van der Waals surface area contributed by atoms with E-state index in [1.54, 1.807) is 38.3 Å². The Hall–Kier alpha value is -1.71. The van der Waals surface area contributed by atoms with E-state index in [1.807, 2.05) is 6.07 Å². The predicted octanol–water partition coefficient (Wildman–Crippen LogP) is 1.69. The number of anilines is 1. The van der Waals surface area contributed by atoms with E-state index in [1.165, 1.54) is 6.92 Å². The first kappa shape index (κ1) is 11.4. The van der Waals surface area contributed by atoms with Crippen molar-refractivity contribution in [3.63, 3.8) is 0 Å². The van der Waals surface area contributed by atoms with E-state index in [4.69, 9.17) is 9.47 Å². The second-order valence-electron chi connectivity index (χ2n) is 3.12. The van der Waals surface area contributed by atoms with Crippen LogP contribution in [0.3, 0.4) is 0 Å². The quantitative estimate of drug-likeness (QED) is 0.760.